The Hall–Kier alpha value is -1.59. The molecular formula is C17H24N4O. The molecule has 5 heteroatoms. The molecule has 0 bridgehead atoms. The zero-order chi connectivity index (χ0) is 15.0. The van der Waals surface area contributed by atoms with E-state index in [9.17, 15) is 4.79 Å². The van der Waals surface area contributed by atoms with Gasteiger partial charge in [0.2, 0.25) is 5.91 Å². The lowest BCUT2D eigenvalue weighted by molar-refractivity contribution is -0.122. The molecule has 0 unspecified atom stereocenters. The van der Waals surface area contributed by atoms with Crippen molar-refractivity contribution in [1.82, 2.24) is 10.2 Å². The average molecular weight is 300 g/mol. The minimum absolute atomic E-state index is 0.135. The summed E-state index contributed by atoms with van der Waals surface area (Å²) >= 11 is 0. The van der Waals surface area contributed by atoms with Crippen LogP contribution in [0.4, 0.5) is 11.4 Å². The third kappa shape index (κ3) is 2.38. The molecule has 0 saturated carbocycles. The Morgan fingerprint density at radius 3 is 2.45 bits per heavy atom. The molecule has 4 rings (SSSR count). The minimum Gasteiger partial charge on any atom is -0.369 e. The molecule has 0 aliphatic carbocycles. The van der Waals surface area contributed by atoms with Crippen molar-refractivity contribution in [2.75, 3.05) is 36.8 Å². The van der Waals surface area contributed by atoms with Crippen molar-refractivity contribution in [2.24, 2.45) is 0 Å². The first-order valence-electron chi connectivity index (χ1n) is 8.40. The monoisotopic (exact) mass is 300 g/mol. The van der Waals surface area contributed by atoms with Crippen LogP contribution in [0, 0.1) is 0 Å². The standard InChI is InChI=1S/C17H24N4O/c22-16-17(20-15-4-2-1-3-14(15)19-16)7-11-21(12-8-17)13-5-9-18-10-6-13/h1-4,13,18,20H,5-12H2,(H,19,22). The molecule has 1 amide bonds. The van der Waals surface area contributed by atoms with Gasteiger partial charge in [0.05, 0.1) is 11.4 Å². The van der Waals surface area contributed by atoms with Gasteiger partial charge >= 0.3 is 0 Å². The topological polar surface area (TPSA) is 56.4 Å². The first-order valence-corrected chi connectivity index (χ1v) is 8.40. The van der Waals surface area contributed by atoms with Crippen LogP contribution in [0.2, 0.25) is 0 Å². The zero-order valence-electron chi connectivity index (χ0n) is 12.9. The summed E-state index contributed by atoms with van der Waals surface area (Å²) in [5.74, 6) is 0.135. The molecule has 2 fully saturated rings. The number of hydrogen-bond acceptors (Lipinski definition) is 4. The number of hydrogen-bond donors (Lipinski definition) is 3. The van der Waals surface area contributed by atoms with Crippen molar-refractivity contribution >= 4 is 17.3 Å². The molecule has 2 saturated heterocycles. The summed E-state index contributed by atoms with van der Waals surface area (Å²) in [6.45, 7) is 4.26. The molecule has 3 aliphatic heterocycles. The van der Waals surface area contributed by atoms with Crippen LogP contribution < -0.4 is 16.0 Å². The van der Waals surface area contributed by atoms with Crippen LogP contribution in [0.3, 0.4) is 0 Å². The van der Waals surface area contributed by atoms with Crippen LogP contribution in [0.1, 0.15) is 25.7 Å². The second-order valence-corrected chi connectivity index (χ2v) is 6.72. The summed E-state index contributed by atoms with van der Waals surface area (Å²) < 4.78 is 0. The second-order valence-electron chi connectivity index (χ2n) is 6.72. The largest absolute Gasteiger partial charge is 0.369 e. The quantitative estimate of drug-likeness (QED) is 0.738. The van der Waals surface area contributed by atoms with E-state index in [1.807, 2.05) is 18.2 Å². The number of nitrogens with zero attached hydrogens (tertiary/aromatic N) is 1. The Kier molecular flexibility index (Phi) is 3.54. The van der Waals surface area contributed by atoms with Gasteiger partial charge in [-0.3, -0.25) is 4.79 Å². The highest BCUT2D eigenvalue weighted by molar-refractivity contribution is 6.06. The maximum Gasteiger partial charge on any atom is 0.250 e. The van der Waals surface area contributed by atoms with E-state index in [0.29, 0.717) is 6.04 Å². The molecular weight excluding hydrogens is 276 g/mol. The zero-order valence-corrected chi connectivity index (χ0v) is 12.9. The van der Waals surface area contributed by atoms with Gasteiger partial charge in [0.15, 0.2) is 0 Å². The Morgan fingerprint density at radius 1 is 1.05 bits per heavy atom. The highest BCUT2D eigenvalue weighted by atomic mass is 16.2. The first-order chi connectivity index (χ1) is 10.8. The summed E-state index contributed by atoms with van der Waals surface area (Å²) in [6, 6.07) is 8.67. The van der Waals surface area contributed by atoms with E-state index in [4.69, 9.17) is 0 Å². The molecule has 0 atom stereocenters. The van der Waals surface area contributed by atoms with Crippen molar-refractivity contribution in [2.45, 2.75) is 37.3 Å². The highest BCUT2D eigenvalue weighted by Gasteiger charge is 2.45. The lowest BCUT2D eigenvalue weighted by Crippen LogP contribution is -2.60. The van der Waals surface area contributed by atoms with Gasteiger partial charge in [-0.15, -0.1) is 0 Å². The molecule has 1 spiro atoms. The molecule has 1 aromatic rings. The number of carbonyl (C=O) groups excluding carboxylic acids is 1. The van der Waals surface area contributed by atoms with Gasteiger partial charge in [0.1, 0.15) is 5.54 Å². The second kappa shape index (κ2) is 5.56. The van der Waals surface area contributed by atoms with Crippen molar-refractivity contribution in [3.8, 4) is 0 Å². The maximum absolute atomic E-state index is 12.6. The normalized spacial score (nSPS) is 25.4. The van der Waals surface area contributed by atoms with Crippen LogP contribution in [0.25, 0.3) is 0 Å². The first kappa shape index (κ1) is 14.0. The van der Waals surface area contributed by atoms with Crippen LogP contribution >= 0.6 is 0 Å². The Morgan fingerprint density at radius 2 is 1.73 bits per heavy atom. The molecule has 3 aliphatic rings. The van der Waals surface area contributed by atoms with Crippen LogP contribution in [0.5, 0.6) is 0 Å². The summed E-state index contributed by atoms with van der Waals surface area (Å²) in [5, 5.41) is 10.0. The van der Waals surface area contributed by atoms with Crippen LogP contribution in [0.15, 0.2) is 24.3 Å². The molecule has 0 aromatic heterocycles. The maximum atomic E-state index is 12.6. The van der Waals surface area contributed by atoms with E-state index in [1.54, 1.807) is 0 Å². The smallest absolute Gasteiger partial charge is 0.250 e. The third-order valence-electron chi connectivity index (χ3n) is 5.46. The van der Waals surface area contributed by atoms with Gasteiger partial charge in [-0.05, 0) is 50.9 Å². The van der Waals surface area contributed by atoms with Gasteiger partial charge in [-0.1, -0.05) is 12.1 Å². The lowest BCUT2D eigenvalue weighted by atomic mass is 9.83. The fraction of sp³-hybridized carbons (Fsp3) is 0.588. The molecule has 3 N–H and O–H groups in total. The Bertz CT molecular complexity index is 560. The fourth-order valence-electron chi connectivity index (χ4n) is 4.05. The Labute approximate surface area is 131 Å². The predicted octanol–water partition coefficient (Wildman–Crippen LogP) is 1.64. The highest BCUT2D eigenvalue weighted by Crippen LogP contribution is 2.36. The molecule has 118 valence electrons. The number of para-hydroxylation sites is 2. The van der Waals surface area contributed by atoms with Gasteiger partial charge < -0.3 is 20.9 Å². The predicted molar refractivity (Wildman–Crippen MR) is 88.1 cm³/mol. The van der Waals surface area contributed by atoms with E-state index in [0.717, 1.165) is 50.4 Å². The van der Waals surface area contributed by atoms with E-state index in [2.05, 4.69) is 26.9 Å². The third-order valence-corrected chi connectivity index (χ3v) is 5.46. The summed E-state index contributed by atoms with van der Waals surface area (Å²) in [4.78, 5) is 15.2. The van der Waals surface area contributed by atoms with E-state index >= 15 is 0 Å². The van der Waals surface area contributed by atoms with E-state index in [1.165, 1.54) is 12.8 Å². The number of likely N-dealkylation sites (tertiary alicyclic amines) is 1. The molecule has 5 nitrogen and oxygen atoms in total. The number of carbonyl (C=O) groups is 1. The van der Waals surface area contributed by atoms with E-state index in [-0.39, 0.29) is 5.91 Å². The molecule has 0 radical (unpaired) electrons. The number of piperidine rings is 2. The average Bonchev–Trinajstić information content (AvgIpc) is 2.57. The van der Waals surface area contributed by atoms with Gasteiger partial charge in [-0.2, -0.15) is 0 Å². The number of amides is 1. The molecule has 3 heterocycles. The summed E-state index contributed by atoms with van der Waals surface area (Å²) in [5.41, 5.74) is 1.54. The Balaban J connectivity index is 1.47. The van der Waals surface area contributed by atoms with Gasteiger partial charge in [-0.25, -0.2) is 0 Å². The van der Waals surface area contributed by atoms with Crippen molar-refractivity contribution in [3.63, 3.8) is 0 Å². The fourth-order valence-corrected chi connectivity index (χ4v) is 4.05. The van der Waals surface area contributed by atoms with Crippen molar-refractivity contribution < 1.29 is 4.79 Å². The SMILES string of the molecule is O=C1Nc2ccccc2NC12CCN(C1CCNCC1)CC2. The number of rotatable bonds is 1. The van der Waals surface area contributed by atoms with Crippen molar-refractivity contribution in [1.29, 1.82) is 0 Å². The minimum atomic E-state index is -0.419. The van der Waals surface area contributed by atoms with E-state index < -0.39 is 5.54 Å². The summed E-state index contributed by atoms with van der Waals surface area (Å²) in [7, 11) is 0. The number of anilines is 2. The van der Waals surface area contributed by atoms with Crippen LogP contribution in [-0.2, 0) is 4.79 Å². The summed E-state index contributed by atoms with van der Waals surface area (Å²) in [6.07, 6.45) is 4.24. The number of nitrogens with one attached hydrogen (secondary N) is 3. The number of benzene rings is 1. The number of fused-ring (bicyclic) bond motifs is 1. The lowest BCUT2D eigenvalue weighted by Gasteiger charge is -2.46. The van der Waals surface area contributed by atoms with Crippen LogP contribution in [-0.4, -0.2) is 48.6 Å². The van der Waals surface area contributed by atoms with Crippen molar-refractivity contribution in [3.05, 3.63) is 24.3 Å². The van der Waals surface area contributed by atoms with Gasteiger partial charge in [0.25, 0.3) is 0 Å². The van der Waals surface area contributed by atoms with Gasteiger partial charge in [0, 0.05) is 19.1 Å². The molecule has 1 aromatic carbocycles. The molecule has 22 heavy (non-hydrogen) atoms.